The molecule has 3 saturated heterocycles. The summed E-state index contributed by atoms with van der Waals surface area (Å²) in [6.07, 6.45) is 23.7. The topological polar surface area (TPSA) is 226 Å². The second-order valence-corrected chi connectivity index (χ2v) is 26.7. The summed E-state index contributed by atoms with van der Waals surface area (Å²) in [6.45, 7) is 18.1. The maximum atomic E-state index is 14.0. The number of aryl methyl sites for hydroxylation is 2. The number of halogens is 4. The first kappa shape index (κ1) is 74.8. The highest BCUT2D eigenvalue weighted by atomic mass is 19.3. The molecule has 1 spiro atoms. The minimum absolute atomic E-state index is 0.00463. The number of aliphatic imine (C=N–C) groups is 1. The molecule has 2 aliphatic carbocycles. The number of pyridine rings is 1. The Morgan fingerprint density at radius 1 is 0.765 bits per heavy atom. The van der Waals surface area contributed by atoms with Crippen LogP contribution in [0, 0.1) is 5.41 Å². The van der Waals surface area contributed by atoms with Gasteiger partial charge in [0.1, 0.15) is 6.10 Å². The van der Waals surface area contributed by atoms with Gasteiger partial charge >= 0.3 is 0 Å². The molecule has 5 fully saturated rings. The molecular formula is C74H106F4N14O6. The summed E-state index contributed by atoms with van der Waals surface area (Å²) in [7, 11) is 3.18. The minimum atomic E-state index is -2.66. The van der Waals surface area contributed by atoms with Gasteiger partial charge in [0.25, 0.3) is 6.43 Å². The highest BCUT2D eigenvalue weighted by Crippen LogP contribution is 2.50. The van der Waals surface area contributed by atoms with E-state index in [1.165, 1.54) is 105 Å². The number of allylic oxidation sites excluding steroid dienone is 1. The van der Waals surface area contributed by atoms with E-state index >= 15 is 0 Å². The van der Waals surface area contributed by atoms with Crippen LogP contribution in [0.25, 0.3) is 16.7 Å². The molecule has 20 nitrogen and oxygen atoms in total. The molecular weight excluding hydrogens is 1260 g/mol. The number of carbonyl (C=O) groups excluding carboxylic acids is 3. The zero-order valence-corrected chi connectivity index (χ0v) is 58.8. The van der Waals surface area contributed by atoms with Crippen LogP contribution in [0.3, 0.4) is 0 Å². The lowest BCUT2D eigenvalue weighted by molar-refractivity contribution is -0.129. The average Bonchev–Trinajstić information content (AvgIpc) is 1.48. The monoisotopic (exact) mass is 1360 g/mol. The van der Waals surface area contributed by atoms with E-state index in [1.807, 2.05) is 35.9 Å². The van der Waals surface area contributed by atoms with Gasteiger partial charge in [-0.1, -0.05) is 39.2 Å². The molecule has 3 amide bonds. The number of fused-ring (bicyclic) bond motifs is 4. The highest BCUT2D eigenvalue weighted by molar-refractivity contribution is 6.10. The number of anilines is 4. The van der Waals surface area contributed by atoms with Gasteiger partial charge in [0.15, 0.2) is 11.6 Å². The Kier molecular flexibility index (Phi) is 27.9. The lowest BCUT2D eigenvalue weighted by Crippen LogP contribution is -2.49. The van der Waals surface area contributed by atoms with Crippen molar-refractivity contribution < 1.29 is 46.2 Å². The lowest BCUT2D eigenvalue weighted by Gasteiger charge is -2.49. The molecule has 24 heteroatoms. The molecule has 5 aromatic rings. The number of piperidine rings is 2. The molecule has 2 aromatic carbocycles. The predicted molar refractivity (Wildman–Crippen MR) is 378 cm³/mol. The van der Waals surface area contributed by atoms with Crippen LogP contribution in [0.4, 0.5) is 40.6 Å². The first-order valence-corrected chi connectivity index (χ1v) is 35.9. The Balaban J connectivity index is 0.000000177. The van der Waals surface area contributed by atoms with Crippen molar-refractivity contribution in [3.05, 3.63) is 99.6 Å². The van der Waals surface area contributed by atoms with Crippen molar-refractivity contribution >= 4 is 53.0 Å². The fourth-order valence-corrected chi connectivity index (χ4v) is 14.9. The van der Waals surface area contributed by atoms with Crippen LogP contribution in [0.1, 0.15) is 188 Å². The average molecular weight is 1360 g/mol. The van der Waals surface area contributed by atoms with Crippen LogP contribution < -0.4 is 36.2 Å². The second-order valence-electron chi connectivity index (χ2n) is 26.7. The number of aromatic amines is 1. The van der Waals surface area contributed by atoms with Gasteiger partial charge in [-0.05, 0) is 181 Å². The second kappa shape index (κ2) is 36.6. The molecule has 98 heavy (non-hydrogen) atoms. The van der Waals surface area contributed by atoms with Gasteiger partial charge in [0.05, 0.1) is 31.3 Å². The van der Waals surface area contributed by atoms with E-state index in [1.54, 1.807) is 38.1 Å². The largest absolute Gasteiger partial charge is 0.474 e. The van der Waals surface area contributed by atoms with Crippen LogP contribution in [-0.4, -0.2) is 164 Å². The fraction of sp³-hybridized carbons (Fsp3) is 0.608. The Bertz CT molecular complexity index is 3400. The van der Waals surface area contributed by atoms with Crippen LogP contribution in [0.5, 0.6) is 5.88 Å². The minimum Gasteiger partial charge on any atom is -0.474 e. The normalized spacial score (nSPS) is 19.5. The van der Waals surface area contributed by atoms with E-state index in [0.29, 0.717) is 79.3 Å². The third-order valence-corrected chi connectivity index (χ3v) is 20.1. The zero-order chi connectivity index (χ0) is 69.7. The molecule has 0 bridgehead atoms. The Morgan fingerprint density at radius 3 is 2.04 bits per heavy atom. The Hall–Kier alpha value is -7.41. The molecule has 0 radical (unpaired) electrons. The van der Waals surface area contributed by atoms with Crippen LogP contribution in [0.15, 0.2) is 59.9 Å². The number of hydrogen-bond donors (Lipinski definition) is 5. The van der Waals surface area contributed by atoms with Gasteiger partial charge in [0, 0.05) is 155 Å². The maximum absolute atomic E-state index is 14.0. The zero-order valence-electron chi connectivity index (χ0n) is 58.8. The molecule has 0 unspecified atom stereocenters. The van der Waals surface area contributed by atoms with Crippen molar-refractivity contribution in [2.24, 2.45) is 16.1 Å². The van der Waals surface area contributed by atoms with E-state index in [9.17, 15) is 31.9 Å². The van der Waals surface area contributed by atoms with Crippen molar-refractivity contribution in [2.75, 3.05) is 89.5 Å². The van der Waals surface area contributed by atoms with Gasteiger partial charge in [-0.3, -0.25) is 29.2 Å². The molecule has 9 aliphatic rings. The first-order chi connectivity index (χ1) is 47.6. The standard InChI is InChI=1S/C34H42N6O3.C22H26F2N6O.C11H21NO.C3H7NO.C2H4F2.C2H6/c41-23-38-15-7-31-29(22-38)33(37-40(31)27-8-16-42-17-9-27)39-14-1-2-25-18-24(3-5-30(25)39)26-4-6-32(36-21-26)43-28-19-34(20-28)10-12-35-13-11-34;1-13(31)29-7-5-19-18(12-29)22(28-27-19)30-6-3-4-14-8-16(15(10-25)11-26-2)17(21(23)24)9-20(14)30;1-2-4-10(5-3-1)13-11-6-8-12-9-7-11;1-3(5)4-2;1-2(3)4;1-2/h3-6,18,21,23,27-28,35H,1-2,7-17,19-20,22H2;8-11,21H,3-7,12,25H2,1-2H3,(H,27,28);10-12H,1-9H2;1-2H3,(H,4,5);2H,1H3;1-2H3/b;15-10+,26-11?;;;;. The van der Waals surface area contributed by atoms with E-state index in [2.05, 4.69) is 65.0 Å². The summed E-state index contributed by atoms with van der Waals surface area (Å²) >= 11 is 0. The molecule has 0 atom stereocenters. The van der Waals surface area contributed by atoms with Gasteiger partial charge in [-0.2, -0.15) is 10.2 Å². The number of nitrogens with two attached hydrogens (primary N) is 1. The number of aromatic nitrogens is 5. The number of amides is 3. The first-order valence-electron chi connectivity index (χ1n) is 35.9. The number of hydrogen-bond acceptors (Lipinski definition) is 15. The third kappa shape index (κ3) is 19.3. The fourth-order valence-electron chi connectivity index (χ4n) is 14.9. The van der Waals surface area contributed by atoms with Crippen molar-refractivity contribution in [2.45, 2.75) is 207 Å². The molecule has 536 valence electrons. The maximum Gasteiger partial charge on any atom is 0.264 e. The van der Waals surface area contributed by atoms with Gasteiger partial charge < -0.3 is 55.5 Å². The van der Waals surface area contributed by atoms with Crippen molar-refractivity contribution in [3.63, 3.8) is 0 Å². The Morgan fingerprint density at radius 2 is 1.42 bits per heavy atom. The number of rotatable bonds is 12. The van der Waals surface area contributed by atoms with E-state index in [-0.39, 0.29) is 17.4 Å². The Labute approximate surface area is 576 Å². The number of alkyl halides is 4. The van der Waals surface area contributed by atoms with E-state index in [4.69, 9.17) is 30.0 Å². The van der Waals surface area contributed by atoms with Gasteiger partial charge in [-0.25, -0.2) is 22.5 Å². The highest BCUT2D eigenvalue weighted by Gasteiger charge is 2.46. The van der Waals surface area contributed by atoms with E-state index < -0.39 is 12.9 Å². The van der Waals surface area contributed by atoms with Crippen LogP contribution in [0.2, 0.25) is 0 Å². The third-order valence-electron chi connectivity index (χ3n) is 20.1. The summed E-state index contributed by atoms with van der Waals surface area (Å²) in [4.78, 5) is 50.0. The quantitative estimate of drug-likeness (QED) is 0.0445. The van der Waals surface area contributed by atoms with Crippen LogP contribution >= 0.6 is 0 Å². The van der Waals surface area contributed by atoms with Crippen molar-refractivity contribution in [1.82, 2.24) is 50.7 Å². The smallest absolute Gasteiger partial charge is 0.264 e. The van der Waals surface area contributed by atoms with Gasteiger partial charge in [0.2, 0.25) is 30.5 Å². The SMILES string of the molecule is C1CCC(OC2CCNCC2)CC1.CC.CC(F)F.CN=C/C(=C\N)c1cc2c(cc1C(F)F)N(c1n[nH]c3c1CN(C(C)=O)CC3)CCC2.CNC(C)=O.O=CN1CCc2c(c(N3CCCc4cc(-c5ccc(OC6CC7(CCNCC7)C6)nc5)ccc43)nn2C2CCOCC2)C1. The predicted octanol–water partition coefficient (Wildman–Crippen LogP) is 12.3. The van der Waals surface area contributed by atoms with Gasteiger partial charge in [-0.15, -0.1) is 0 Å². The molecule has 2 saturated carbocycles. The van der Waals surface area contributed by atoms with Crippen molar-refractivity contribution in [3.8, 4) is 17.0 Å². The van der Waals surface area contributed by atoms with E-state index in [0.717, 1.165) is 163 Å². The number of carbonyl (C=O) groups is 3. The summed E-state index contributed by atoms with van der Waals surface area (Å²) in [5.74, 6) is 2.48. The summed E-state index contributed by atoms with van der Waals surface area (Å²) < 4.78 is 69.0. The number of benzene rings is 2. The molecule has 3 aromatic heterocycles. The summed E-state index contributed by atoms with van der Waals surface area (Å²) in [6, 6.07) is 14.7. The molecule has 7 aliphatic heterocycles. The molecule has 14 rings (SSSR count). The van der Waals surface area contributed by atoms with Crippen molar-refractivity contribution in [1.29, 1.82) is 0 Å². The molecule has 10 heterocycles. The lowest BCUT2D eigenvalue weighted by atomic mass is 9.62. The van der Waals surface area contributed by atoms with Crippen LogP contribution in [-0.2, 0) is 62.6 Å². The number of nitrogens with one attached hydrogen (secondary N) is 4. The number of nitrogens with zero attached hydrogens (tertiary/aromatic N) is 9. The number of ether oxygens (including phenoxy) is 3. The molecule has 6 N–H and O–H groups in total. The summed E-state index contributed by atoms with van der Waals surface area (Å²) in [5, 5.41) is 22.1. The number of H-pyrrole nitrogens is 1. The summed E-state index contributed by atoms with van der Waals surface area (Å²) in [5.41, 5.74) is 18.0.